The summed E-state index contributed by atoms with van der Waals surface area (Å²) in [6.07, 6.45) is 3.32. The number of thioether (sulfide) groups is 2. The third-order valence-electron chi connectivity index (χ3n) is 4.56. The lowest BCUT2D eigenvalue weighted by Crippen LogP contribution is -2.71. The Bertz CT molecular complexity index is 1190. The van der Waals surface area contributed by atoms with Gasteiger partial charge in [-0.15, -0.1) is 11.8 Å². The molecule has 0 aromatic carbocycles. The summed E-state index contributed by atoms with van der Waals surface area (Å²) in [7, 11) is 1.78. The third kappa shape index (κ3) is 3.80. The van der Waals surface area contributed by atoms with Gasteiger partial charge in [-0.1, -0.05) is 39.9 Å². The number of nitrogen functional groups attached to an aromatic ring is 1. The highest BCUT2D eigenvalue weighted by Gasteiger charge is 2.54. The Morgan fingerprint density at radius 1 is 1.47 bits per heavy atom. The van der Waals surface area contributed by atoms with E-state index in [0.29, 0.717) is 15.8 Å². The van der Waals surface area contributed by atoms with Gasteiger partial charge in [0.1, 0.15) is 27.1 Å². The van der Waals surface area contributed by atoms with Crippen LogP contribution in [-0.4, -0.2) is 70.4 Å². The van der Waals surface area contributed by atoms with Crippen LogP contribution in [0.1, 0.15) is 5.69 Å². The van der Waals surface area contributed by atoms with Crippen LogP contribution in [0.25, 0.3) is 0 Å². The van der Waals surface area contributed by atoms with E-state index in [4.69, 9.17) is 17.3 Å². The number of hydrogen-bond acceptors (Lipinski definition) is 11. The Kier molecular flexibility index (Phi) is 6.07. The molecule has 2 aliphatic heterocycles. The van der Waals surface area contributed by atoms with Crippen LogP contribution in [0.5, 0.6) is 0 Å². The molecule has 16 heteroatoms. The number of imidazole rings is 1. The average molecular weight is 516 g/mol. The van der Waals surface area contributed by atoms with Crippen LogP contribution >= 0.6 is 46.5 Å². The van der Waals surface area contributed by atoms with E-state index in [1.807, 2.05) is 0 Å². The number of hydrogen-bond donors (Lipinski definition) is 4. The van der Waals surface area contributed by atoms with Gasteiger partial charge in [-0.05, 0) is 0 Å². The fraction of sp³-hybridized carbons (Fsp3) is 0.250. The number of carbonyl (C=O) groups is 3. The quantitative estimate of drug-likeness (QED) is 0.186. The number of carboxylic acid groups (broad SMARTS) is 1. The number of nitrogens with two attached hydrogens (primary N) is 1. The second kappa shape index (κ2) is 8.65. The number of nitrogens with one attached hydrogen (secondary N) is 1. The van der Waals surface area contributed by atoms with Gasteiger partial charge in [0, 0.05) is 30.1 Å². The number of anilines is 1. The topological polar surface area (TPSA) is 176 Å². The van der Waals surface area contributed by atoms with Crippen molar-refractivity contribution in [2.24, 2.45) is 12.2 Å². The minimum Gasteiger partial charge on any atom is -0.477 e. The van der Waals surface area contributed by atoms with Crippen molar-refractivity contribution >= 4 is 75.1 Å². The minimum atomic E-state index is -1.26. The van der Waals surface area contributed by atoms with Crippen LogP contribution in [0.15, 0.2) is 33.3 Å². The Morgan fingerprint density at radius 2 is 2.22 bits per heavy atom. The number of aromatic nitrogens is 3. The van der Waals surface area contributed by atoms with Gasteiger partial charge in [0.2, 0.25) is 0 Å². The van der Waals surface area contributed by atoms with E-state index in [1.165, 1.54) is 11.8 Å². The largest absolute Gasteiger partial charge is 0.477 e. The van der Waals surface area contributed by atoms with Crippen molar-refractivity contribution in [3.05, 3.63) is 33.0 Å². The number of aliphatic carboxylic acids is 1. The minimum absolute atomic E-state index is 0.0473. The average Bonchev–Trinajstić information content (AvgIpc) is 3.30. The predicted octanol–water partition coefficient (Wildman–Crippen LogP) is 0.779. The van der Waals surface area contributed by atoms with Crippen LogP contribution in [0.3, 0.4) is 0 Å². The number of carboxylic acids is 1. The van der Waals surface area contributed by atoms with Gasteiger partial charge >= 0.3 is 5.97 Å². The molecule has 2 aromatic rings. The molecule has 4 heterocycles. The van der Waals surface area contributed by atoms with E-state index in [9.17, 15) is 24.7 Å². The Hall–Kier alpha value is -2.75. The molecule has 2 amide bonds. The van der Waals surface area contributed by atoms with Crippen LogP contribution in [0, 0.1) is 0 Å². The van der Waals surface area contributed by atoms with E-state index < -0.39 is 34.9 Å². The van der Waals surface area contributed by atoms with Crippen LogP contribution in [0.4, 0.5) is 5.13 Å². The Morgan fingerprint density at radius 3 is 2.78 bits per heavy atom. The van der Waals surface area contributed by atoms with Crippen LogP contribution in [-0.2, 0) is 21.4 Å². The second-order valence-corrected chi connectivity index (χ2v) is 10.3. The number of β-lactam (4-membered cyclic amide) rings is 1. The fourth-order valence-corrected chi connectivity index (χ4v) is 6.49. The summed E-state index contributed by atoms with van der Waals surface area (Å²) < 4.78 is 1.78. The summed E-state index contributed by atoms with van der Waals surface area (Å²) >= 11 is 9.32. The maximum atomic E-state index is 12.8. The summed E-state index contributed by atoms with van der Waals surface area (Å²) in [6.45, 7) is 0. The maximum Gasteiger partial charge on any atom is 0.353 e. The zero-order valence-electron chi connectivity index (χ0n) is 16.1. The summed E-state index contributed by atoms with van der Waals surface area (Å²) in [5.74, 6) is -2.46. The molecule has 0 unspecified atom stereocenters. The number of amides is 2. The van der Waals surface area contributed by atoms with Gasteiger partial charge in [-0.3, -0.25) is 14.5 Å². The molecule has 0 aliphatic carbocycles. The molecule has 5 N–H and O–H groups in total. The number of fused-ring (bicyclic) bond motifs is 1. The van der Waals surface area contributed by atoms with Crippen LogP contribution in [0.2, 0.25) is 4.34 Å². The van der Waals surface area contributed by atoms with Crippen molar-refractivity contribution in [3.8, 4) is 0 Å². The zero-order chi connectivity index (χ0) is 23.2. The van der Waals surface area contributed by atoms with Crippen molar-refractivity contribution in [2.75, 3.05) is 11.5 Å². The lowest BCUT2D eigenvalue weighted by Gasteiger charge is -2.49. The molecule has 12 nitrogen and oxygen atoms in total. The maximum absolute atomic E-state index is 12.8. The third-order valence-corrected chi connectivity index (χ3v) is 8.26. The fourth-order valence-electron chi connectivity index (χ4n) is 3.10. The molecule has 2 aromatic heterocycles. The molecule has 2 aliphatic rings. The van der Waals surface area contributed by atoms with Crippen molar-refractivity contribution in [2.45, 2.75) is 16.6 Å². The monoisotopic (exact) mass is 515 g/mol. The lowest BCUT2D eigenvalue weighted by atomic mass is 10.0. The summed E-state index contributed by atoms with van der Waals surface area (Å²) in [5, 5.41) is 24.4. The van der Waals surface area contributed by atoms with Gasteiger partial charge < -0.3 is 25.9 Å². The van der Waals surface area contributed by atoms with Gasteiger partial charge in [-0.2, -0.15) is 0 Å². The Balaban J connectivity index is 1.54. The molecule has 0 bridgehead atoms. The highest BCUT2D eigenvalue weighted by Crippen LogP contribution is 2.44. The zero-order valence-corrected chi connectivity index (χ0v) is 19.3. The Labute approximate surface area is 197 Å². The standard InChI is InChI=1S/C16H14ClN7O5S3/c1-23-3-2-19-16(23)31-5-4-30-13-8(12(26)24(13)9(5)14(27)28)20-11(25)7(22-29)6-10(17)32-15(18)21-6/h2-3,8,13,29H,4H2,1H3,(H2,18,21)(H,20,25)(H,27,28)/b22-7-/t8-,13-/m1/s1. The summed E-state index contributed by atoms with van der Waals surface area (Å²) in [5.41, 5.74) is 4.79. The first kappa shape index (κ1) is 22.4. The predicted molar refractivity (Wildman–Crippen MR) is 119 cm³/mol. The summed E-state index contributed by atoms with van der Waals surface area (Å²) in [4.78, 5) is 47.0. The van der Waals surface area contributed by atoms with Crippen molar-refractivity contribution in [1.82, 2.24) is 24.8 Å². The van der Waals surface area contributed by atoms with Crippen molar-refractivity contribution in [1.29, 1.82) is 0 Å². The first-order valence-electron chi connectivity index (χ1n) is 8.74. The lowest BCUT2D eigenvalue weighted by molar-refractivity contribution is -0.150. The molecule has 4 rings (SSSR count). The first-order chi connectivity index (χ1) is 15.2. The molecule has 1 fully saturated rings. The molecule has 1 saturated heterocycles. The first-order valence-corrected chi connectivity index (χ1v) is 11.8. The van der Waals surface area contributed by atoms with E-state index in [0.717, 1.165) is 28.0 Å². The van der Waals surface area contributed by atoms with Crippen LogP contribution < -0.4 is 11.1 Å². The molecule has 0 saturated carbocycles. The molecule has 168 valence electrons. The van der Waals surface area contributed by atoms with Gasteiger partial charge in [0.05, 0.1) is 0 Å². The van der Waals surface area contributed by atoms with E-state index >= 15 is 0 Å². The van der Waals surface area contributed by atoms with Gasteiger partial charge in [0.25, 0.3) is 11.8 Å². The number of aryl methyl sites for hydroxylation is 1. The number of thiazole rings is 1. The van der Waals surface area contributed by atoms with Gasteiger partial charge in [-0.25, -0.2) is 14.8 Å². The number of carbonyl (C=O) groups excluding carboxylic acids is 2. The van der Waals surface area contributed by atoms with Gasteiger partial charge in [0.15, 0.2) is 16.0 Å². The highest BCUT2D eigenvalue weighted by atomic mass is 35.5. The molecule has 0 radical (unpaired) electrons. The molecule has 0 spiro atoms. The normalized spacial score (nSPS) is 20.8. The molecular weight excluding hydrogens is 502 g/mol. The molecule has 32 heavy (non-hydrogen) atoms. The van der Waals surface area contributed by atoms with E-state index in [-0.39, 0.29) is 20.9 Å². The highest BCUT2D eigenvalue weighted by molar-refractivity contribution is 8.06. The second-order valence-electron chi connectivity index (χ2n) is 6.48. The van der Waals surface area contributed by atoms with E-state index in [2.05, 4.69) is 20.4 Å². The summed E-state index contributed by atoms with van der Waals surface area (Å²) in [6, 6.07) is -1.02. The SMILES string of the molecule is Cn1ccnc1SC1=C(C(=O)O)N2C(=O)[C@@H](NC(=O)/C(=N\O)c3nc(N)sc3Cl)[C@H]2SC1. The van der Waals surface area contributed by atoms with Crippen molar-refractivity contribution in [3.63, 3.8) is 0 Å². The van der Waals surface area contributed by atoms with Crippen molar-refractivity contribution < 1.29 is 24.7 Å². The number of rotatable bonds is 6. The number of nitrogens with zero attached hydrogens (tertiary/aromatic N) is 5. The number of oxime groups is 1. The molecule has 2 atom stereocenters. The number of halogens is 1. The molecular formula is C16H14ClN7O5S3. The van der Waals surface area contributed by atoms with E-state index in [1.54, 1.807) is 24.0 Å². The smallest absolute Gasteiger partial charge is 0.353 e.